The highest BCUT2D eigenvalue weighted by Crippen LogP contribution is 2.39. The van der Waals surface area contributed by atoms with E-state index >= 15 is 0 Å². The van der Waals surface area contributed by atoms with Crippen LogP contribution in [0.15, 0.2) is 340 Å². The molecule has 0 amide bonds. The molecular weight excluding hydrogens is 1430 g/mol. The standard InChI is InChI=1S/C46H33N3.C40H29N3.13C2H6/c1-32-15-14-24-37(25-32)44-47-45(42-28-38(33-16-6-2-7-17-33)26-39(29-42)34-18-8-3-9-19-34)49-46(48-44)43-30-40(35-20-10-4-11-21-35)27-41(31-43)36-22-12-5-13-23-36;1-28-41-39(37-24-33(29-14-6-2-7-15-29)22-34(25-37)30-16-8-3-9-17-30)43-40(42-28)38-26-35(31-18-10-4-11-19-31)23-36(27-38)32-20-12-5-13-21-32;13*1-2/h2-31H,1H3;2-27H,1H3;13*1-2H3. The van der Waals surface area contributed by atoms with Gasteiger partial charge in [0.15, 0.2) is 29.1 Å². The minimum Gasteiger partial charge on any atom is -0.213 e. The molecule has 118 heavy (non-hydrogen) atoms. The lowest BCUT2D eigenvalue weighted by Gasteiger charge is -2.14. The van der Waals surface area contributed by atoms with E-state index in [0.717, 1.165) is 122 Å². The van der Waals surface area contributed by atoms with Crippen LogP contribution in [0.5, 0.6) is 0 Å². The molecule has 6 nitrogen and oxygen atoms in total. The Balaban J connectivity index is 0.000000930. The number of hydrogen-bond acceptors (Lipinski definition) is 6. The second-order valence-corrected chi connectivity index (χ2v) is 22.8. The fraction of sp³-hybridized carbons (Fsp3) is 0.250. The van der Waals surface area contributed by atoms with E-state index in [1.807, 2.05) is 235 Å². The number of nitrogens with zero attached hydrogens (tertiary/aromatic N) is 6. The van der Waals surface area contributed by atoms with Crippen molar-refractivity contribution in [3.63, 3.8) is 0 Å². The summed E-state index contributed by atoms with van der Waals surface area (Å²) < 4.78 is 0. The summed E-state index contributed by atoms with van der Waals surface area (Å²) in [7, 11) is 0. The Morgan fingerprint density at radius 3 is 0.415 bits per heavy atom. The van der Waals surface area contributed by atoms with Gasteiger partial charge in [0.1, 0.15) is 5.82 Å². The molecule has 0 atom stereocenters. The van der Waals surface area contributed by atoms with Crippen LogP contribution in [0.2, 0.25) is 0 Å². The van der Waals surface area contributed by atoms with Crippen LogP contribution in [0.1, 0.15) is 191 Å². The Bertz CT molecular complexity index is 4490. The first-order valence-corrected chi connectivity index (χ1v) is 44.0. The lowest BCUT2D eigenvalue weighted by Crippen LogP contribution is -2.01. The van der Waals surface area contributed by atoms with Crippen molar-refractivity contribution in [2.75, 3.05) is 0 Å². The lowest BCUT2D eigenvalue weighted by molar-refractivity contribution is 0.992. The summed E-state index contributed by atoms with van der Waals surface area (Å²) in [5, 5.41) is 0. The maximum atomic E-state index is 5.24. The topological polar surface area (TPSA) is 77.3 Å². The highest BCUT2D eigenvalue weighted by atomic mass is 15.0. The highest BCUT2D eigenvalue weighted by molar-refractivity contribution is 5.85. The summed E-state index contributed by atoms with van der Waals surface area (Å²) in [5.74, 6) is 3.89. The van der Waals surface area contributed by atoms with Gasteiger partial charge in [-0.2, -0.15) is 0 Å². The third kappa shape index (κ3) is 31.8. The molecule has 0 saturated carbocycles. The Hall–Kier alpha value is -12.1. The maximum Gasteiger partial charge on any atom is 0.164 e. The molecule has 2 aromatic heterocycles. The first-order chi connectivity index (χ1) is 58.3. The van der Waals surface area contributed by atoms with E-state index in [-0.39, 0.29) is 0 Å². The van der Waals surface area contributed by atoms with Crippen molar-refractivity contribution in [2.45, 2.75) is 194 Å². The third-order valence-electron chi connectivity index (χ3n) is 16.3. The predicted octanol–water partition coefficient (Wildman–Crippen LogP) is 35.4. The van der Waals surface area contributed by atoms with Crippen LogP contribution in [0, 0.1) is 13.8 Å². The van der Waals surface area contributed by atoms with Crippen LogP contribution in [-0.4, -0.2) is 29.9 Å². The summed E-state index contributed by atoms with van der Waals surface area (Å²) in [4.78, 5) is 30.3. The number of hydrogen-bond donors (Lipinski definition) is 0. The van der Waals surface area contributed by atoms with Gasteiger partial charge < -0.3 is 0 Å². The van der Waals surface area contributed by atoms with Gasteiger partial charge in [-0.25, -0.2) is 29.9 Å². The third-order valence-corrected chi connectivity index (χ3v) is 16.3. The first kappa shape index (κ1) is 104. The van der Waals surface area contributed by atoms with Crippen molar-refractivity contribution in [2.24, 2.45) is 0 Å². The van der Waals surface area contributed by atoms with E-state index in [9.17, 15) is 0 Å². The van der Waals surface area contributed by atoms with Crippen LogP contribution >= 0.6 is 0 Å². The summed E-state index contributed by atoms with van der Waals surface area (Å²) in [6, 6.07) is 119. The zero-order valence-corrected chi connectivity index (χ0v) is 77.0. The van der Waals surface area contributed by atoms with Crippen LogP contribution in [0.3, 0.4) is 0 Å². The summed E-state index contributed by atoms with van der Waals surface area (Å²) in [6.45, 7) is 56.0. The molecule has 0 aliphatic heterocycles. The quantitative estimate of drug-likeness (QED) is 0.114. The molecule has 2 heterocycles. The molecule has 13 aromatic carbocycles. The Labute approximate surface area is 716 Å². The van der Waals surface area contributed by atoms with Gasteiger partial charge in [0, 0.05) is 27.8 Å². The molecule has 0 bridgehead atoms. The molecule has 0 fully saturated rings. The van der Waals surface area contributed by atoms with E-state index < -0.39 is 0 Å². The minimum atomic E-state index is 0.628. The molecule has 0 radical (unpaired) electrons. The molecule has 15 rings (SSSR count). The normalized spacial score (nSPS) is 9.19. The summed E-state index contributed by atoms with van der Waals surface area (Å²) >= 11 is 0. The molecular formula is C112H140N6. The van der Waals surface area contributed by atoms with Gasteiger partial charge in [-0.05, 0) is 182 Å². The van der Waals surface area contributed by atoms with Crippen LogP contribution in [-0.2, 0) is 0 Å². The van der Waals surface area contributed by atoms with Gasteiger partial charge >= 0.3 is 0 Å². The van der Waals surface area contributed by atoms with E-state index in [1.54, 1.807) is 0 Å². The molecule has 0 unspecified atom stereocenters. The van der Waals surface area contributed by atoms with Gasteiger partial charge in [-0.3, -0.25) is 0 Å². The molecule has 0 spiro atoms. The van der Waals surface area contributed by atoms with Gasteiger partial charge in [-0.15, -0.1) is 0 Å². The van der Waals surface area contributed by atoms with Crippen molar-refractivity contribution in [1.29, 1.82) is 0 Å². The second-order valence-electron chi connectivity index (χ2n) is 22.8. The molecule has 0 aliphatic rings. The smallest absolute Gasteiger partial charge is 0.164 e. The summed E-state index contributed by atoms with van der Waals surface area (Å²) in [6.07, 6.45) is 0. The monoisotopic (exact) mass is 1570 g/mol. The van der Waals surface area contributed by atoms with Crippen LogP contribution in [0.4, 0.5) is 0 Å². The van der Waals surface area contributed by atoms with Crippen LogP contribution in [0.25, 0.3) is 146 Å². The Kier molecular flexibility index (Phi) is 55.6. The van der Waals surface area contributed by atoms with Crippen LogP contribution < -0.4 is 0 Å². The fourth-order valence-corrected chi connectivity index (χ4v) is 11.7. The lowest BCUT2D eigenvalue weighted by atomic mass is 9.95. The number of aryl methyl sites for hydroxylation is 2. The molecule has 618 valence electrons. The Morgan fingerprint density at radius 1 is 0.119 bits per heavy atom. The Morgan fingerprint density at radius 2 is 0.254 bits per heavy atom. The first-order valence-electron chi connectivity index (χ1n) is 44.0. The van der Waals surface area contributed by atoms with E-state index in [1.165, 1.54) is 0 Å². The predicted molar refractivity (Wildman–Crippen MR) is 527 cm³/mol. The zero-order valence-electron chi connectivity index (χ0n) is 77.0. The molecule has 0 N–H and O–H groups in total. The molecule has 0 aliphatic carbocycles. The maximum absolute atomic E-state index is 5.24. The van der Waals surface area contributed by atoms with Gasteiger partial charge in [0.2, 0.25) is 0 Å². The van der Waals surface area contributed by atoms with Gasteiger partial charge in [0.05, 0.1) is 0 Å². The average Bonchev–Trinajstić information content (AvgIpc) is 0.779. The van der Waals surface area contributed by atoms with E-state index in [0.29, 0.717) is 34.9 Å². The van der Waals surface area contributed by atoms with Crippen molar-refractivity contribution in [1.82, 2.24) is 29.9 Å². The number of benzene rings is 13. The molecule has 0 saturated heterocycles. The number of rotatable bonds is 13. The van der Waals surface area contributed by atoms with E-state index in [4.69, 9.17) is 29.9 Å². The van der Waals surface area contributed by atoms with Crippen molar-refractivity contribution in [3.05, 3.63) is 351 Å². The average molecular weight is 1570 g/mol. The van der Waals surface area contributed by atoms with Gasteiger partial charge in [0.25, 0.3) is 0 Å². The fourth-order valence-electron chi connectivity index (χ4n) is 11.7. The summed E-state index contributed by atoms with van der Waals surface area (Å²) in [5.41, 5.74) is 23.9. The van der Waals surface area contributed by atoms with Crippen molar-refractivity contribution < 1.29 is 0 Å². The van der Waals surface area contributed by atoms with Crippen molar-refractivity contribution >= 4 is 0 Å². The minimum absolute atomic E-state index is 0.628. The zero-order chi connectivity index (χ0) is 88.0. The molecule has 6 heteroatoms. The largest absolute Gasteiger partial charge is 0.213 e. The second kappa shape index (κ2) is 63.1. The highest BCUT2D eigenvalue weighted by Gasteiger charge is 2.19. The number of aromatic nitrogens is 6. The SMILES string of the molecule is CC.CC.CC.CC.CC.CC.CC.CC.CC.CC.CC.CC.CC.Cc1cccc(-c2nc(-c3cc(-c4ccccc4)cc(-c4ccccc4)c3)nc(-c3cc(-c4ccccc4)cc(-c4ccccc4)c3)n2)c1.Cc1nc(-c2cc(-c3ccccc3)cc(-c3ccccc3)c2)nc(-c2cc(-c3ccccc3)cc(-c3ccccc3)c2)n1. The molecule has 15 aromatic rings. The van der Waals surface area contributed by atoms with E-state index in [2.05, 4.69) is 298 Å². The van der Waals surface area contributed by atoms with Crippen molar-refractivity contribution in [3.8, 4) is 146 Å². The van der Waals surface area contributed by atoms with Gasteiger partial charge in [-0.1, -0.05) is 446 Å².